The molecule has 0 fully saturated rings. The van der Waals surface area contributed by atoms with Crippen LogP contribution in [0.1, 0.15) is 58.3 Å². The van der Waals surface area contributed by atoms with E-state index in [4.69, 9.17) is 5.11 Å². The summed E-state index contributed by atoms with van der Waals surface area (Å²) in [5.74, 6) is -0.814. The minimum absolute atomic E-state index is 0.132. The number of allylic oxidation sites excluding steroid dienone is 4. The van der Waals surface area contributed by atoms with E-state index in [1.54, 1.807) is 12.2 Å². The van der Waals surface area contributed by atoms with E-state index in [0.717, 1.165) is 25.7 Å². The number of hydrogen-bond acceptors (Lipinski definition) is 3. The molecule has 19 heavy (non-hydrogen) atoms. The normalized spacial score (nSPS) is 11.9. The second-order valence-electron chi connectivity index (χ2n) is 4.44. The van der Waals surface area contributed by atoms with Crippen LogP contribution in [0.5, 0.6) is 0 Å². The molecule has 0 unspecified atom stereocenters. The molecule has 0 atom stereocenters. The van der Waals surface area contributed by atoms with E-state index in [2.05, 4.69) is 6.92 Å². The maximum atomic E-state index is 10.8. The molecule has 1 N–H and O–H groups in total. The monoisotopic (exact) mass is 269 g/mol. The van der Waals surface area contributed by atoms with Gasteiger partial charge in [0.25, 0.3) is 0 Å². The van der Waals surface area contributed by atoms with E-state index in [1.165, 1.54) is 6.08 Å². The van der Waals surface area contributed by atoms with Crippen LogP contribution in [0.25, 0.3) is 0 Å². The van der Waals surface area contributed by atoms with Crippen LogP contribution in [0.2, 0.25) is 0 Å². The lowest BCUT2D eigenvalue weighted by atomic mass is 10.1. The second-order valence-corrected chi connectivity index (χ2v) is 4.44. The average Bonchev–Trinajstić information content (AvgIpc) is 2.35. The van der Waals surface area contributed by atoms with Crippen molar-refractivity contribution in [2.75, 3.05) is 0 Å². The predicted molar refractivity (Wildman–Crippen MR) is 74.5 cm³/mol. The van der Waals surface area contributed by atoms with Crippen LogP contribution in [0.3, 0.4) is 0 Å². The van der Waals surface area contributed by atoms with Crippen molar-refractivity contribution in [3.63, 3.8) is 0 Å². The zero-order valence-corrected chi connectivity index (χ0v) is 11.5. The van der Waals surface area contributed by atoms with Gasteiger partial charge in [0.2, 0.25) is 5.70 Å². The largest absolute Gasteiger partial charge is 0.481 e. The van der Waals surface area contributed by atoms with Gasteiger partial charge in [0.15, 0.2) is 0 Å². The van der Waals surface area contributed by atoms with Crippen molar-refractivity contribution >= 4 is 5.97 Å². The molecule has 0 heterocycles. The predicted octanol–water partition coefficient (Wildman–Crippen LogP) is 3.93. The number of carboxylic acid groups (broad SMARTS) is 1. The van der Waals surface area contributed by atoms with Crippen LogP contribution in [-0.4, -0.2) is 16.0 Å². The van der Waals surface area contributed by atoms with Gasteiger partial charge in [0.1, 0.15) is 0 Å². The highest BCUT2D eigenvalue weighted by Crippen LogP contribution is 2.11. The molecular formula is C14H23NO4. The van der Waals surface area contributed by atoms with Crippen molar-refractivity contribution in [2.45, 2.75) is 58.3 Å². The SMILES string of the molecule is CCCCCC/C(=C\C=C\CCCC(=O)O)[N+](=O)[O-]. The Hall–Kier alpha value is -1.65. The van der Waals surface area contributed by atoms with Crippen molar-refractivity contribution < 1.29 is 14.8 Å². The third-order valence-corrected chi connectivity index (χ3v) is 2.71. The van der Waals surface area contributed by atoms with Crippen molar-refractivity contribution in [2.24, 2.45) is 0 Å². The lowest BCUT2D eigenvalue weighted by molar-refractivity contribution is -0.428. The smallest absolute Gasteiger partial charge is 0.303 e. The zero-order chi connectivity index (χ0) is 14.5. The standard InChI is InChI=1S/C14H23NO4/c1-2-3-4-7-10-13(15(18)19)11-8-5-6-9-12-14(16)17/h5,8,11H,2-4,6-7,9-10,12H2,1H3,(H,16,17)/b8-5+,13-11+. The number of nitro groups is 1. The minimum atomic E-state index is -0.814. The summed E-state index contributed by atoms with van der Waals surface area (Å²) in [6.07, 6.45) is 10.8. The van der Waals surface area contributed by atoms with Gasteiger partial charge in [-0.2, -0.15) is 0 Å². The van der Waals surface area contributed by atoms with E-state index in [9.17, 15) is 14.9 Å². The Kier molecular flexibility index (Phi) is 10.4. The molecule has 0 bridgehead atoms. The molecule has 0 aromatic heterocycles. The van der Waals surface area contributed by atoms with Gasteiger partial charge >= 0.3 is 5.97 Å². The summed E-state index contributed by atoms with van der Waals surface area (Å²) >= 11 is 0. The fraction of sp³-hybridized carbons (Fsp3) is 0.643. The molecule has 0 amide bonds. The van der Waals surface area contributed by atoms with Crippen molar-refractivity contribution in [3.8, 4) is 0 Å². The Balaban J connectivity index is 4.01. The van der Waals surface area contributed by atoms with Crippen LogP contribution in [-0.2, 0) is 4.79 Å². The number of unbranched alkanes of at least 4 members (excludes halogenated alkanes) is 4. The number of aliphatic carboxylic acids is 1. The highest BCUT2D eigenvalue weighted by atomic mass is 16.6. The quantitative estimate of drug-likeness (QED) is 0.267. The van der Waals surface area contributed by atoms with E-state index in [0.29, 0.717) is 19.3 Å². The molecule has 0 aliphatic rings. The summed E-state index contributed by atoms with van der Waals surface area (Å²) in [7, 11) is 0. The van der Waals surface area contributed by atoms with Crippen LogP contribution in [0, 0.1) is 10.1 Å². The molecular weight excluding hydrogens is 246 g/mol. The number of hydrogen-bond donors (Lipinski definition) is 1. The Morgan fingerprint density at radius 1 is 1.21 bits per heavy atom. The van der Waals surface area contributed by atoms with Crippen LogP contribution in [0.15, 0.2) is 23.9 Å². The Morgan fingerprint density at radius 2 is 1.95 bits per heavy atom. The van der Waals surface area contributed by atoms with Gasteiger partial charge in [0, 0.05) is 18.9 Å². The van der Waals surface area contributed by atoms with E-state index >= 15 is 0 Å². The van der Waals surface area contributed by atoms with Crippen molar-refractivity contribution in [3.05, 3.63) is 34.0 Å². The van der Waals surface area contributed by atoms with Gasteiger partial charge in [-0.1, -0.05) is 38.3 Å². The average molecular weight is 269 g/mol. The first kappa shape index (κ1) is 17.4. The second kappa shape index (κ2) is 11.4. The van der Waals surface area contributed by atoms with Crippen molar-refractivity contribution in [1.82, 2.24) is 0 Å². The summed E-state index contributed by atoms with van der Waals surface area (Å²) < 4.78 is 0. The molecule has 0 radical (unpaired) electrons. The first-order valence-corrected chi connectivity index (χ1v) is 6.79. The highest BCUT2D eigenvalue weighted by Gasteiger charge is 2.07. The fourth-order valence-electron chi connectivity index (χ4n) is 1.61. The number of nitrogens with zero attached hydrogens (tertiary/aromatic N) is 1. The molecule has 0 spiro atoms. The summed E-state index contributed by atoms with van der Waals surface area (Å²) in [4.78, 5) is 20.7. The van der Waals surface area contributed by atoms with E-state index in [1.807, 2.05) is 0 Å². The molecule has 0 rings (SSSR count). The van der Waals surface area contributed by atoms with Gasteiger partial charge in [-0.3, -0.25) is 14.9 Å². The third kappa shape index (κ3) is 11.2. The lowest BCUT2D eigenvalue weighted by Crippen LogP contribution is -1.98. The molecule has 0 saturated heterocycles. The fourth-order valence-corrected chi connectivity index (χ4v) is 1.61. The maximum absolute atomic E-state index is 10.8. The van der Waals surface area contributed by atoms with Crippen LogP contribution < -0.4 is 0 Å². The van der Waals surface area contributed by atoms with E-state index in [-0.39, 0.29) is 17.0 Å². The molecule has 5 heteroatoms. The molecule has 5 nitrogen and oxygen atoms in total. The maximum Gasteiger partial charge on any atom is 0.303 e. The third-order valence-electron chi connectivity index (χ3n) is 2.71. The molecule has 108 valence electrons. The Morgan fingerprint density at radius 3 is 2.53 bits per heavy atom. The van der Waals surface area contributed by atoms with Gasteiger partial charge in [-0.25, -0.2) is 0 Å². The van der Waals surface area contributed by atoms with Gasteiger partial charge in [-0.15, -0.1) is 0 Å². The van der Waals surface area contributed by atoms with E-state index < -0.39 is 5.97 Å². The van der Waals surface area contributed by atoms with Gasteiger partial charge < -0.3 is 5.11 Å². The number of carbonyl (C=O) groups is 1. The van der Waals surface area contributed by atoms with Crippen LogP contribution in [0.4, 0.5) is 0 Å². The highest BCUT2D eigenvalue weighted by molar-refractivity contribution is 5.66. The summed E-state index contributed by atoms with van der Waals surface area (Å²) in [5.41, 5.74) is 0.227. The zero-order valence-electron chi connectivity index (χ0n) is 11.5. The molecule has 0 saturated carbocycles. The Bertz CT molecular complexity index is 334. The molecule has 0 aliphatic heterocycles. The number of rotatable bonds is 11. The van der Waals surface area contributed by atoms with Crippen molar-refractivity contribution in [1.29, 1.82) is 0 Å². The number of carboxylic acids is 1. The summed E-state index contributed by atoms with van der Waals surface area (Å²) in [6.45, 7) is 2.10. The van der Waals surface area contributed by atoms with Gasteiger partial charge in [-0.05, 0) is 19.3 Å². The molecule has 0 aliphatic carbocycles. The lowest BCUT2D eigenvalue weighted by Gasteiger charge is -1.98. The topological polar surface area (TPSA) is 80.4 Å². The minimum Gasteiger partial charge on any atom is -0.481 e. The Labute approximate surface area is 114 Å². The first-order valence-electron chi connectivity index (χ1n) is 6.79. The molecule has 0 aromatic rings. The summed E-state index contributed by atoms with van der Waals surface area (Å²) in [6, 6.07) is 0. The summed E-state index contributed by atoms with van der Waals surface area (Å²) in [5, 5.41) is 19.2. The molecule has 0 aromatic carbocycles. The van der Waals surface area contributed by atoms with Crippen LogP contribution >= 0.6 is 0 Å². The first-order chi connectivity index (χ1) is 9.07. The van der Waals surface area contributed by atoms with Gasteiger partial charge in [0.05, 0.1) is 4.92 Å².